The van der Waals surface area contributed by atoms with E-state index in [0.717, 1.165) is 16.9 Å². The van der Waals surface area contributed by atoms with Crippen LogP contribution >= 0.6 is 11.3 Å². The zero-order valence-electron chi connectivity index (χ0n) is 12.8. The molecular formula is C20H16N2S. The number of rotatable bonds is 2. The molecule has 2 nitrogen and oxygen atoms in total. The Morgan fingerprint density at radius 2 is 1.61 bits per heavy atom. The molecule has 4 aromatic rings. The third-order valence-electron chi connectivity index (χ3n) is 4.06. The minimum Gasteiger partial charge on any atom is -0.286 e. The fourth-order valence-electron chi connectivity index (χ4n) is 2.82. The van der Waals surface area contributed by atoms with Crippen LogP contribution in [0.5, 0.6) is 0 Å². The zero-order valence-corrected chi connectivity index (χ0v) is 13.6. The number of thiazole rings is 1. The van der Waals surface area contributed by atoms with Crippen LogP contribution in [0.25, 0.3) is 27.7 Å². The van der Waals surface area contributed by atoms with Gasteiger partial charge in [-0.25, -0.2) is 0 Å². The summed E-state index contributed by atoms with van der Waals surface area (Å²) in [7, 11) is 0. The van der Waals surface area contributed by atoms with Gasteiger partial charge in [0.1, 0.15) is 0 Å². The first-order valence-corrected chi connectivity index (χ1v) is 8.42. The highest BCUT2D eigenvalue weighted by atomic mass is 32.1. The average molecular weight is 316 g/mol. The van der Waals surface area contributed by atoms with Crippen LogP contribution < -0.4 is 4.80 Å². The van der Waals surface area contributed by atoms with Gasteiger partial charge in [-0.05, 0) is 35.4 Å². The van der Waals surface area contributed by atoms with Gasteiger partial charge in [-0.3, -0.25) is 9.98 Å². The van der Waals surface area contributed by atoms with Gasteiger partial charge in [0, 0.05) is 11.1 Å². The van der Waals surface area contributed by atoms with Crippen molar-refractivity contribution in [3.8, 4) is 16.9 Å². The van der Waals surface area contributed by atoms with Crippen molar-refractivity contribution in [1.82, 2.24) is 4.57 Å². The molecule has 0 saturated carbocycles. The van der Waals surface area contributed by atoms with Gasteiger partial charge in [0.2, 0.25) is 0 Å². The molecule has 0 aliphatic carbocycles. The van der Waals surface area contributed by atoms with Gasteiger partial charge in [-0.2, -0.15) is 0 Å². The molecule has 0 spiro atoms. The van der Waals surface area contributed by atoms with Crippen molar-refractivity contribution in [3.63, 3.8) is 0 Å². The van der Waals surface area contributed by atoms with E-state index in [1.54, 1.807) is 0 Å². The maximum Gasteiger partial charge on any atom is 0.187 e. The molecule has 3 heteroatoms. The Labute approximate surface area is 138 Å². The van der Waals surface area contributed by atoms with E-state index in [4.69, 9.17) is 5.41 Å². The molecule has 112 valence electrons. The number of aryl methyl sites for hydroxylation is 1. The van der Waals surface area contributed by atoms with Crippen molar-refractivity contribution in [2.24, 2.45) is 0 Å². The van der Waals surface area contributed by atoms with Crippen LogP contribution in [-0.4, -0.2) is 4.57 Å². The van der Waals surface area contributed by atoms with Gasteiger partial charge < -0.3 is 0 Å². The summed E-state index contributed by atoms with van der Waals surface area (Å²) in [6.45, 7) is 2.09. The highest BCUT2D eigenvalue weighted by molar-refractivity contribution is 7.07. The molecule has 23 heavy (non-hydrogen) atoms. The molecule has 1 heterocycles. The Bertz CT molecular complexity index is 1040. The van der Waals surface area contributed by atoms with E-state index in [1.807, 2.05) is 16.7 Å². The molecule has 1 aromatic heterocycles. The normalized spacial score (nSPS) is 11.0. The summed E-state index contributed by atoms with van der Waals surface area (Å²) < 4.78 is 2.02. The monoisotopic (exact) mass is 316 g/mol. The molecule has 0 saturated heterocycles. The first-order valence-electron chi connectivity index (χ1n) is 7.54. The second kappa shape index (κ2) is 5.52. The number of aromatic nitrogens is 1. The largest absolute Gasteiger partial charge is 0.286 e. The second-order valence-corrected chi connectivity index (χ2v) is 6.52. The summed E-state index contributed by atoms with van der Waals surface area (Å²) in [5, 5.41) is 12.8. The number of benzene rings is 3. The van der Waals surface area contributed by atoms with E-state index in [-0.39, 0.29) is 0 Å². The van der Waals surface area contributed by atoms with E-state index >= 15 is 0 Å². The molecule has 0 aliphatic rings. The third kappa shape index (κ3) is 2.49. The predicted molar refractivity (Wildman–Crippen MR) is 97.2 cm³/mol. The van der Waals surface area contributed by atoms with Gasteiger partial charge in [0.15, 0.2) is 4.80 Å². The number of fused-ring (bicyclic) bond motifs is 1. The Hall–Kier alpha value is -2.65. The summed E-state index contributed by atoms with van der Waals surface area (Å²) in [5.74, 6) is 0. The van der Waals surface area contributed by atoms with Crippen molar-refractivity contribution in [3.05, 3.63) is 82.5 Å². The van der Waals surface area contributed by atoms with Gasteiger partial charge in [0.25, 0.3) is 0 Å². The molecular weight excluding hydrogens is 300 g/mol. The number of hydrogen-bond donors (Lipinski definition) is 1. The van der Waals surface area contributed by atoms with E-state index in [1.165, 1.54) is 27.7 Å². The van der Waals surface area contributed by atoms with Crippen LogP contribution in [0.2, 0.25) is 0 Å². The first kappa shape index (κ1) is 14.0. The smallest absolute Gasteiger partial charge is 0.187 e. The van der Waals surface area contributed by atoms with E-state index < -0.39 is 0 Å². The van der Waals surface area contributed by atoms with Gasteiger partial charge in [-0.1, -0.05) is 60.2 Å². The van der Waals surface area contributed by atoms with Gasteiger partial charge in [0.05, 0.1) is 5.69 Å². The molecule has 3 aromatic carbocycles. The van der Waals surface area contributed by atoms with Crippen LogP contribution in [0, 0.1) is 12.3 Å². The minimum atomic E-state index is 0.538. The number of nitrogens with zero attached hydrogens (tertiary/aromatic N) is 1. The number of hydrogen-bond acceptors (Lipinski definition) is 2. The maximum absolute atomic E-state index is 8.31. The summed E-state index contributed by atoms with van der Waals surface area (Å²) in [5.41, 5.74) is 4.48. The second-order valence-electron chi connectivity index (χ2n) is 5.66. The van der Waals surface area contributed by atoms with E-state index in [2.05, 4.69) is 66.9 Å². The van der Waals surface area contributed by atoms with Crippen molar-refractivity contribution in [2.75, 3.05) is 0 Å². The summed E-state index contributed by atoms with van der Waals surface area (Å²) in [4.78, 5) is 0.538. The van der Waals surface area contributed by atoms with E-state index in [9.17, 15) is 0 Å². The lowest BCUT2D eigenvalue weighted by molar-refractivity contribution is 0.989. The fraction of sp³-hybridized carbons (Fsp3) is 0.0500. The summed E-state index contributed by atoms with van der Waals surface area (Å²) >= 11 is 1.46. The first-order chi connectivity index (χ1) is 11.2. The Balaban J connectivity index is 1.92. The Morgan fingerprint density at radius 3 is 2.39 bits per heavy atom. The van der Waals surface area contributed by atoms with Crippen molar-refractivity contribution in [2.45, 2.75) is 6.92 Å². The van der Waals surface area contributed by atoms with Crippen LogP contribution in [0.15, 0.2) is 72.1 Å². The average Bonchev–Trinajstić information content (AvgIpc) is 2.97. The maximum atomic E-state index is 8.31. The zero-order chi connectivity index (χ0) is 15.8. The third-order valence-corrected chi connectivity index (χ3v) is 4.81. The molecule has 1 N–H and O–H groups in total. The Morgan fingerprint density at radius 1 is 0.870 bits per heavy atom. The van der Waals surface area contributed by atoms with Crippen LogP contribution in [0.1, 0.15) is 5.56 Å². The molecule has 0 aliphatic heterocycles. The highest BCUT2D eigenvalue weighted by Gasteiger charge is 2.09. The SMILES string of the molecule is Cc1ccc(-c2csc(=N)n2-c2ccc3ccccc3c2)cc1. The van der Waals surface area contributed by atoms with Crippen LogP contribution in [-0.2, 0) is 0 Å². The molecule has 0 amide bonds. The molecule has 4 rings (SSSR count). The van der Waals surface area contributed by atoms with Crippen molar-refractivity contribution in [1.29, 1.82) is 5.41 Å². The van der Waals surface area contributed by atoms with Crippen LogP contribution in [0.4, 0.5) is 0 Å². The lowest BCUT2D eigenvalue weighted by Gasteiger charge is -2.10. The minimum absolute atomic E-state index is 0.538. The van der Waals surface area contributed by atoms with E-state index in [0.29, 0.717) is 4.80 Å². The lowest BCUT2D eigenvalue weighted by atomic mass is 10.1. The summed E-state index contributed by atoms with van der Waals surface area (Å²) in [6, 6.07) is 23.1. The highest BCUT2D eigenvalue weighted by Crippen LogP contribution is 2.25. The molecule has 0 atom stereocenters. The molecule has 0 radical (unpaired) electrons. The lowest BCUT2D eigenvalue weighted by Crippen LogP contribution is -2.12. The molecule has 0 bridgehead atoms. The number of nitrogens with one attached hydrogen (secondary N) is 1. The standard InChI is InChI=1S/C20H16N2S/c1-14-6-8-16(9-7-14)19-13-23-20(21)22(19)18-11-10-15-4-2-3-5-17(15)12-18/h2-13,21H,1H3. The van der Waals surface area contributed by atoms with Crippen LogP contribution in [0.3, 0.4) is 0 Å². The summed E-state index contributed by atoms with van der Waals surface area (Å²) in [6.07, 6.45) is 0. The fourth-order valence-corrected chi connectivity index (χ4v) is 3.59. The van der Waals surface area contributed by atoms with Crippen molar-refractivity contribution < 1.29 is 0 Å². The molecule has 0 unspecified atom stereocenters. The molecule has 0 fully saturated rings. The quantitative estimate of drug-likeness (QED) is 0.530. The van der Waals surface area contributed by atoms with Gasteiger partial charge in [-0.15, -0.1) is 11.3 Å². The Kier molecular flexibility index (Phi) is 3.36. The van der Waals surface area contributed by atoms with Crippen molar-refractivity contribution >= 4 is 22.1 Å². The predicted octanol–water partition coefficient (Wildman–Crippen LogP) is 5.15. The van der Waals surface area contributed by atoms with Gasteiger partial charge >= 0.3 is 0 Å². The topological polar surface area (TPSA) is 28.8 Å².